The molecular weight excluding hydrogens is 244 g/mol. The van der Waals surface area contributed by atoms with Crippen molar-refractivity contribution in [2.45, 2.75) is 17.0 Å². The summed E-state index contributed by atoms with van der Waals surface area (Å²) < 4.78 is 5.68. The number of hydrogen-bond acceptors (Lipinski definition) is 4. The highest BCUT2D eigenvalue weighted by Gasteiger charge is 2.08. The Morgan fingerprint density at radius 1 is 1.17 bits per heavy atom. The van der Waals surface area contributed by atoms with E-state index in [1.54, 1.807) is 0 Å². The molecule has 0 aliphatic rings. The lowest BCUT2D eigenvalue weighted by atomic mass is 10.2. The van der Waals surface area contributed by atoms with Crippen LogP contribution >= 0.6 is 11.8 Å². The van der Waals surface area contributed by atoms with Gasteiger partial charge in [0.2, 0.25) is 0 Å². The Kier molecular flexibility index (Phi) is 2.72. The van der Waals surface area contributed by atoms with Crippen LogP contribution in [0.25, 0.3) is 11.1 Å². The Balaban J connectivity index is 1.98. The van der Waals surface area contributed by atoms with Crippen molar-refractivity contribution in [2.24, 2.45) is 0 Å². The summed E-state index contributed by atoms with van der Waals surface area (Å²) in [5.41, 5.74) is 9.39. The van der Waals surface area contributed by atoms with Crippen LogP contribution in [0.5, 0.6) is 0 Å². The minimum absolute atomic E-state index is 0.643. The van der Waals surface area contributed by atoms with Gasteiger partial charge in [-0.3, -0.25) is 0 Å². The summed E-state index contributed by atoms with van der Waals surface area (Å²) >= 11 is 1.50. The van der Waals surface area contributed by atoms with Crippen LogP contribution in [-0.2, 0) is 0 Å². The van der Waals surface area contributed by atoms with E-state index >= 15 is 0 Å². The molecule has 0 aliphatic carbocycles. The van der Waals surface area contributed by atoms with Crippen molar-refractivity contribution in [3.63, 3.8) is 0 Å². The number of nitrogens with zero attached hydrogens (tertiary/aromatic N) is 1. The van der Waals surface area contributed by atoms with E-state index in [1.165, 1.54) is 11.8 Å². The second-order valence-electron chi connectivity index (χ2n) is 4.07. The highest BCUT2D eigenvalue weighted by molar-refractivity contribution is 7.99. The Hall–Kier alpha value is -1.94. The van der Waals surface area contributed by atoms with Crippen LogP contribution in [0.2, 0.25) is 0 Å². The van der Waals surface area contributed by atoms with Crippen molar-refractivity contribution in [2.75, 3.05) is 5.73 Å². The maximum absolute atomic E-state index is 5.79. The predicted molar refractivity (Wildman–Crippen MR) is 73.7 cm³/mol. The highest BCUT2D eigenvalue weighted by atomic mass is 32.2. The molecule has 2 N–H and O–H groups in total. The SMILES string of the molecule is Cc1ccc(N)cc1Sc1nc2ccccc2o1. The molecule has 0 unspecified atom stereocenters. The fourth-order valence-electron chi connectivity index (χ4n) is 1.72. The topological polar surface area (TPSA) is 52.0 Å². The molecule has 3 nitrogen and oxygen atoms in total. The Morgan fingerprint density at radius 3 is 2.83 bits per heavy atom. The first-order valence-electron chi connectivity index (χ1n) is 5.62. The summed E-state index contributed by atoms with van der Waals surface area (Å²) in [6, 6.07) is 13.6. The number of benzene rings is 2. The fourth-order valence-corrected chi connectivity index (χ4v) is 2.60. The van der Waals surface area contributed by atoms with Crippen LogP contribution in [0, 0.1) is 6.92 Å². The highest BCUT2D eigenvalue weighted by Crippen LogP contribution is 2.32. The van der Waals surface area contributed by atoms with Crippen LogP contribution in [0.4, 0.5) is 5.69 Å². The van der Waals surface area contributed by atoms with E-state index in [0.717, 1.165) is 27.2 Å². The monoisotopic (exact) mass is 256 g/mol. The molecule has 18 heavy (non-hydrogen) atoms. The van der Waals surface area contributed by atoms with E-state index in [0.29, 0.717) is 5.22 Å². The summed E-state index contributed by atoms with van der Waals surface area (Å²) in [5, 5.41) is 0.643. The third kappa shape index (κ3) is 2.07. The Labute approximate surface area is 109 Å². The van der Waals surface area contributed by atoms with Gasteiger partial charge in [-0.2, -0.15) is 0 Å². The smallest absolute Gasteiger partial charge is 0.261 e. The molecular formula is C14H12N2OS. The second kappa shape index (κ2) is 4.38. The number of hydrogen-bond donors (Lipinski definition) is 1. The van der Waals surface area contributed by atoms with Crippen LogP contribution in [0.15, 0.2) is 57.0 Å². The van der Waals surface area contributed by atoms with E-state index < -0.39 is 0 Å². The number of para-hydroxylation sites is 2. The van der Waals surface area contributed by atoms with Crippen LogP contribution < -0.4 is 5.73 Å². The van der Waals surface area contributed by atoms with Gasteiger partial charge in [-0.25, -0.2) is 4.98 Å². The van der Waals surface area contributed by atoms with Gasteiger partial charge in [-0.1, -0.05) is 18.2 Å². The quantitative estimate of drug-likeness (QED) is 0.707. The molecule has 0 aliphatic heterocycles. The maximum Gasteiger partial charge on any atom is 0.261 e. The molecule has 1 aromatic heterocycles. The summed E-state index contributed by atoms with van der Waals surface area (Å²) in [4.78, 5) is 5.51. The molecule has 3 aromatic rings. The molecule has 90 valence electrons. The zero-order chi connectivity index (χ0) is 12.5. The minimum atomic E-state index is 0.643. The average molecular weight is 256 g/mol. The molecule has 2 aromatic carbocycles. The van der Waals surface area contributed by atoms with E-state index in [1.807, 2.05) is 49.4 Å². The number of anilines is 1. The normalized spacial score (nSPS) is 10.9. The van der Waals surface area contributed by atoms with Gasteiger partial charge >= 0.3 is 0 Å². The largest absolute Gasteiger partial charge is 0.431 e. The van der Waals surface area contributed by atoms with Gasteiger partial charge in [-0.15, -0.1) is 0 Å². The van der Waals surface area contributed by atoms with Gasteiger partial charge in [0.25, 0.3) is 5.22 Å². The fraction of sp³-hybridized carbons (Fsp3) is 0.0714. The Morgan fingerprint density at radius 2 is 2.00 bits per heavy atom. The lowest BCUT2D eigenvalue weighted by Gasteiger charge is -2.03. The maximum atomic E-state index is 5.79. The van der Waals surface area contributed by atoms with Gasteiger partial charge < -0.3 is 10.2 Å². The third-order valence-corrected chi connectivity index (χ3v) is 3.69. The van der Waals surface area contributed by atoms with Gasteiger partial charge in [0.05, 0.1) is 0 Å². The number of fused-ring (bicyclic) bond motifs is 1. The first-order chi connectivity index (χ1) is 8.72. The summed E-state index contributed by atoms with van der Waals surface area (Å²) in [5.74, 6) is 0. The summed E-state index contributed by atoms with van der Waals surface area (Å²) in [7, 11) is 0. The second-order valence-corrected chi connectivity index (χ2v) is 5.07. The van der Waals surface area contributed by atoms with E-state index in [9.17, 15) is 0 Å². The van der Waals surface area contributed by atoms with Crippen molar-refractivity contribution >= 4 is 28.5 Å². The molecule has 3 rings (SSSR count). The molecule has 0 saturated heterocycles. The lowest BCUT2D eigenvalue weighted by Crippen LogP contribution is -1.87. The summed E-state index contributed by atoms with van der Waals surface area (Å²) in [6.45, 7) is 2.05. The first kappa shape index (κ1) is 11.2. The van der Waals surface area contributed by atoms with Gasteiger partial charge in [-0.05, 0) is 48.5 Å². The molecule has 0 fully saturated rings. The zero-order valence-corrected chi connectivity index (χ0v) is 10.7. The lowest BCUT2D eigenvalue weighted by molar-refractivity contribution is 0.489. The number of oxazole rings is 1. The van der Waals surface area contributed by atoms with Crippen molar-refractivity contribution < 1.29 is 4.42 Å². The average Bonchev–Trinajstić information content (AvgIpc) is 2.76. The molecule has 4 heteroatoms. The molecule has 0 saturated carbocycles. The van der Waals surface area contributed by atoms with Crippen molar-refractivity contribution in [3.8, 4) is 0 Å². The molecule has 1 heterocycles. The Bertz CT molecular complexity index is 673. The molecule has 0 radical (unpaired) electrons. The number of aryl methyl sites for hydroxylation is 1. The van der Waals surface area contributed by atoms with Crippen LogP contribution in [0.3, 0.4) is 0 Å². The first-order valence-corrected chi connectivity index (χ1v) is 6.43. The molecule has 0 atom stereocenters. The van der Waals surface area contributed by atoms with Crippen molar-refractivity contribution in [3.05, 3.63) is 48.0 Å². The van der Waals surface area contributed by atoms with Crippen molar-refractivity contribution in [1.29, 1.82) is 0 Å². The molecule has 0 amide bonds. The summed E-state index contributed by atoms with van der Waals surface area (Å²) in [6.07, 6.45) is 0. The van der Waals surface area contributed by atoms with Crippen LogP contribution in [-0.4, -0.2) is 4.98 Å². The predicted octanol–water partition coefficient (Wildman–Crippen LogP) is 3.87. The van der Waals surface area contributed by atoms with Gasteiger partial charge in [0, 0.05) is 10.6 Å². The molecule has 0 bridgehead atoms. The van der Waals surface area contributed by atoms with Gasteiger partial charge in [0.15, 0.2) is 5.58 Å². The minimum Gasteiger partial charge on any atom is -0.431 e. The number of nitrogen functional groups attached to an aromatic ring is 1. The van der Waals surface area contributed by atoms with E-state index in [4.69, 9.17) is 10.2 Å². The number of nitrogens with two attached hydrogens (primary N) is 1. The number of rotatable bonds is 2. The van der Waals surface area contributed by atoms with E-state index in [2.05, 4.69) is 4.98 Å². The molecule has 0 spiro atoms. The van der Waals surface area contributed by atoms with Crippen LogP contribution in [0.1, 0.15) is 5.56 Å². The standard InChI is InChI=1S/C14H12N2OS/c1-9-6-7-10(15)8-13(9)18-14-16-11-4-2-3-5-12(11)17-14/h2-8H,15H2,1H3. The third-order valence-electron chi connectivity index (χ3n) is 2.68. The van der Waals surface area contributed by atoms with E-state index in [-0.39, 0.29) is 0 Å². The van der Waals surface area contributed by atoms with Crippen molar-refractivity contribution in [1.82, 2.24) is 4.98 Å². The number of aromatic nitrogens is 1. The zero-order valence-electron chi connectivity index (χ0n) is 9.88. The van der Waals surface area contributed by atoms with Gasteiger partial charge in [0.1, 0.15) is 5.52 Å².